The molecule has 3 heterocycles. The number of piperazine rings is 1. The first-order valence-corrected chi connectivity index (χ1v) is 7.60. The van der Waals surface area contributed by atoms with Crippen molar-refractivity contribution in [1.82, 2.24) is 19.7 Å². The molecule has 1 saturated heterocycles. The third-order valence-electron chi connectivity index (χ3n) is 3.44. The summed E-state index contributed by atoms with van der Waals surface area (Å²) in [4.78, 5) is 20.6. The number of hydrogen-bond donors (Lipinski definition) is 0. The maximum Gasteiger partial charge on any atom is 0.224 e. The highest BCUT2D eigenvalue weighted by molar-refractivity contribution is 7.13. The molecule has 0 spiro atoms. The maximum absolute atomic E-state index is 12.1. The van der Waals surface area contributed by atoms with E-state index in [1.165, 1.54) is 0 Å². The molecule has 1 aliphatic heterocycles. The van der Waals surface area contributed by atoms with Gasteiger partial charge >= 0.3 is 0 Å². The van der Waals surface area contributed by atoms with Crippen molar-refractivity contribution in [2.45, 2.75) is 13.0 Å². The van der Waals surface area contributed by atoms with Gasteiger partial charge in [0, 0.05) is 63.1 Å². The van der Waals surface area contributed by atoms with E-state index in [9.17, 15) is 4.79 Å². The fourth-order valence-corrected chi connectivity index (χ4v) is 3.02. The second-order valence-electron chi connectivity index (χ2n) is 4.70. The van der Waals surface area contributed by atoms with Crippen LogP contribution in [-0.4, -0.2) is 51.8 Å². The Morgan fingerprint density at radius 2 is 2.10 bits per heavy atom. The fourth-order valence-electron chi connectivity index (χ4n) is 2.32. The molecule has 106 valence electrons. The summed E-state index contributed by atoms with van der Waals surface area (Å²) in [5, 5.41) is 7.14. The van der Waals surface area contributed by atoms with Crippen molar-refractivity contribution in [3.05, 3.63) is 30.0 Å². The van der Waals surface area contributed by atoms with Crippen LogP contribution in [0.3, 0.4) is 0 Å². The molecule has 0 atom stereocenters. The Kier molecular flexibility index (Phi) is 3.96. The Hall–Kier alpha value is -1.89. The second-order valence-corrected chi connectivity index (χ2v) is 5.57. The van der Waals surface area contributed by atoms with Crippen LogP contribution in [-0.2, 0) is 11.3 Å². The Morgan fingerprint density at radius 3 is 2.75 bits per heavy atom. The number of aromatic nitrogens is 3. The summed E-state index contributed by atoms with van der Waals surface area (Å²) in [6.07, 6.45) is 5.95. The van der Waals surface area contributed by atoms with Crippen LogP contribution in [0.25, 0.3) is 0 Å². The van der Waals surface area contributed by atoms with Crippen molar-refractivity contribution < 1.29 is 4.79 Å². The minimum Gasteiger partial charge on any atom is -0.345 e. The van der Waals surface area contributed by atoms with Crippen LogP contribution in [0.5, 0.6) is 0 Å². The average Bonchev–Trinajstić information content (AvgIpc) is 3.18. The molecule has 3 rings (SSSR count). The number of anilines is 1. The Labute approximate surface area is 121 Å². The van der Waals surface area contributed by atoms with Crippen molar-refractivity contribution >= 4 is 22.4 Å². The molecule has 1 fully saturated rings. The van der Waals surface area contributed by atoms with Crippen LogP contribution in [0.2, 0.25) is 0 Å². The zero-order chi connectivity index (χ0) is 13.8. The number of carbonyl (C=O) groups excluding carboxylic acids is 1. The summed E-state index contributed by atoms with van der Waals surface area (Å²) >= 11 is 1.65. The van der Waals surface area contributed by atoms with Crippen LogP contribution < -0.4 is 4.90 Å². The molecule has 1 amide bonds. The van der Waals surface area contributed by atoms with E-state index in [-0.39, 0.29) is 5.91 Å². The summed E-state index contributed by atoms with van der Waals surface area (Å²) in [7, 11) is 0. The third-order valence-corrected chi connectivity index (χ3v) is 4.27. The van der Waals surface area contributed by atoms with Gasteiger partial charge in [-0.2, -0.15) is 5.10 Å². The van der Waals surface area contributed by atoms with Gasteiger partial charge < -0.3 is 9.80 Å². The van der Waals surface area contributed by atoms with Crippen molar-refractivity contribution in [3.8, 4) is 0 Å². The lowest BCUT2D eigenvalue weighted by molar-refractivity contribution is -0.131. The topological polar surface area (TPSA) is 54.3 Å². The number of amides is 1. The normalized spacial score (nSPS) is 15.6. The molecule has 20 heavy (non-hydrogen) atoms. The molecule has 0 bridgehead atoms. The van der Waals surface area contributed by atoms with Gasteiger partial charge in [0.2, 0.25) is 5.91 Å². The highest BCUT2D eigenvalue weighted by Gasteiger charge is 2.21. The van der Waals surface area contributed by atoms with E-state index in [1.54, 1.807) is 22.2 Å². The molecule has 1 aliphatic rings. The Bertz CT molecular complexity index is 531. The third kappa shape index (κ3) is 2.98. The van der Waals surface area contributed by atoms with E-state index >= 15 is 0 Å². The van der Waals surface area contributed by atoms with E-state index in [2.05, 4.69) is 15.0 Å². The lowest BCUT2D eigenvalue weighted by Gasteiger charge is -2.34. The highest BCUT2D eigenvalue weighted by atomic mass is 32.1. The summed E-state index contributed by atoms with van der Waals surface area (Å²) in [5.41, 5.74) is 0. The van der Waals surface area contributed by atoms with Crippen LogP contribution in [0, 0.1) is 0 Å². The van der Waals surface area contributed by atoms with E-state index in [0.29, 0.717) is 13.0 Å². The van der Waals surface area contributed by atoms with Crippen molar-refractivity contribution in [2.75, 3.05) is 31.1 Å². The van der Waals surface area contributed by atoms with Crippen molar-refractivity contribution in [1.29, 1.82) is 0 Å². The standard InChI is InChI=1S/C13H17N5OS/c19-12(2-6-18-5-1-3-15-18)16-7-9-17(10-8-16)13-14-4-11-20-13/h1,3-5,11H,2,6-10H2. The summed E-state index contributed by atoms with van der Waals surface area (Å²) in [6, 6.07) is 1.87. The quantitative estimate of drug-likeness (QED) is 0.846. The number of rotatable bonds is 4. The molecular weight excluding hydrogens is 274 g/mol. The first kappa shape index (κ1) is 13.1. The van der Waals surface area contributed by atoms with E-state index in [0.717, 1.165) is 31.3 Å². The molecule has 6 nitrogen and oxygen atoms in total. The minimum atomic E-state index is 0.208. The molecule has 0 unspecified atom stereocenters. The highest BCUT2D eigenvalue weighted by Crippen LogP contribution is 2.19. The lowest BCUT2D eigenvalue weighted by Crippen LogP contribution is -2.48. The largest absolute Gasteiger partial charge is 0.345 e. The van der Waals surface area contributed by atoms with Gasteiger partial charge in [-0.25, -0.2) is 4.98 Å². The van der Waals surface area contributed by atoms with E-state index < -0.39 is 0 Å². The number of nitrogens with zero attached hydrogens (tertiary/aromatic N) is 5. The van der Waals surface area contributed by atoms with Gasteiger partial charge in [-0.1, -0.05) is 0 Å². The number of thiazole rings is 1. The molecule has 0 aliphatic carbocycles. The summed E-state index contributed by atoms with van der Waals surface area (Å²) in [5.74, 6) is 0.208. The van der Waals surface area contributed by atoms with Gasteiger partial charge in [-0.05, 0) is 6.07 Å². The molecule has 0 radical (unpaired) electrons. The molecular formula is C13H17N5OS. The molecule has 7 heteroatoms. The van der Waals surface area contributed by atoms with Crippen LogP contribution in [0.15, 0.2) is 30.0 Å². The van der Waals surface area contributed by atoms with E-state index in [4.69, 9.17) is 0 Å². The first-order chi connectivity index (χ1) is 9.83. The van der Waals surface area contributed by atoms with Crippen LogP contribution in [0.1, 0.15) is 6.42 Å². The molecule has 2 aromatic heterocycles. The fraction of sp³-hybridized carbons (Fsp3) is 0.462. The predicted molar refractivity (Wildman–Crippen MR) is 77.8 cm³/mol. The number of carbonyl (C=O) groups is 1. The maximum atomic E-state index is 12.1. The lowest BCUT2D eigenvalue weighted by atomic mass is 10.3. The molecule has 0 aromatic carbocycles. The monoisotopic (exact) mass is 291 g/mol. The van der Waals surface area contributed by atoms with Gasteiger partial charge in [0.05, 0.1) is 0 Å². The van der Waals surface area contributed by atoms with Gasteiger partial charge in [0.15, 0.2) is 5.13 Å². The van der Waals surface area contributed by atoms with Gasteiger partial charge in [0.1, 0.15) is 0 Å². The number of hydrogen-bond acceptors (Lipinski definition) is 5. The molecule has 2 aromatic rings. The van der Waals surface area contributed by atoms with E-state index in [1.807, 2.05) is 28.7 Å². The van der Waals surface area contributed by atoms with Crippen molar-refractivity contribution in [2.24, 2.45) is 0 Å². The summed E-state index contributed by atoms with van der Waals surface area (Å²) in [6.45, 7) is 3.93. The predicted octanol–water partition coefficient (Wildman–Crippen LogP) is 1.08. The zero-order valence-corrected chi connectivity index (χ0v) is 12.0. The SMILES string of the molecule is O=C(CCn1cccn1)N1CCN(c2nccs2)CC1. The number of aryl methyl sites for hydroxylation is 1. The Balaban J connectivity index is 1.46. The van der Waals surface area contributed by atoms with Crippen LogP contribution in [0.4, 0.5) is 5.13 Å². The molecule has 0 saturated carbocycles. The minimum absolute atomic E-state index is 0.208. The van der Waals surface area contributed by atoms with Crippen molar-refractivity contribution in [3.63, 3.8) is 0 Å². The van der Waals surface area contributed by atoms with Gasteiger partial charge in [-0.15, -0.1) is 11.3 Å². The average molecular weight is 291 g/mol. The molecule has 0 N–H and O–H groups in total. The van der Waals surface area contributed by atoms with Gasteiger partial charge in [-0.3, -0.25) is 9.48 Å². The smallest absolute Gasteiger partial charge is 0.224 e. The zero-order valence-electron chi connectivity index (χ0n) is 11.2. The second kappa shape index (κ2) is 6.04. The van der Waals surface area contributed by atoms with Gasteiger partial charge in [0.25, 0.3) is 0 Å². The summed E-state index contributed by atoms with van der Waals surface area (Å²) < 4.78 is 1.80. The van der Waals surface area contributed by atoms with Crippen LogP contribution >= 0.6 is 11.3 Å². The Morgan fingerprint density at radius 1 is 1.25 bits per heavy atom. The first-order valence-electron chi connectivity index (χ1n) is 6.72.